The number of nitrogens with zero attached hydrogens (tertiary/aromatic N) is 5. The molecule has 300 valence electrons. The molecule has 57 heavy (non-hydrogen) atoms. The lowest BCUT2D eigenvalue weighted by Crippen LogP contribution is -2.43. The van der Waals surface area contributed by atoms with Gasteiger partial charge in [-0.1, -0.05) is 53.5 Å². The molecule has 3 saturated heterocycles. The molecule has 2 N–H and O–H groups in total. The van der Waals surface area contributed by atoms with Crippen LogP contribution in [0.1, 0.15) is 74.7 Å². The predicted octanol–water partition coefficient (Wildman–Crippen LogP) is 8.88. The van der Waals surface area contributed by atoms with E-state index in [1.807, 2.05) is 0 Å². The van der Waals surface area contributed by atoms with E-state index < -0.39 is 62.1 Å². The molecular weight excluding hydrogens is 749 g/mol. The molecule has 5 atom stereocenters. The summed E-state index contributed by atoms with van der Waals surface area (Å²) in [7, 11) is -2.38. The Hall–Kier alpha value is -4.43. The maximum absolute atomic E-state index is 17.8. The van der Waals surface area contributed by atoms with Gasteiger partial charge in [0.1, 0.15) is 44.1 Å². The molecule has 8 rings (SSSR count). The fraction of sp³-hybridized carbons (Fsp3) is 0.523. The minimum Gasteiger partial charge on any atom is -0.461 e. The van der Waals surface area contributed by atoms with E-state index in [0.29, 0.717) is 24.8 Å². The van der Waals surface area contributed by atoms with E-state index in [-0.39, 0.29) is 99.4 Å². The van der Waals surface area contributed by atoms with Gasteiger partial charge >= 0.3 is 6.01 Å². The lowest BCUT2D eigenvalue weighted by Gasteiger charge is -2.38. The van der Waals surface area contributed by atoms with Gasteiger partial charge in [-0.2, -0.15) is 15.2 Å². The Morgan fingerprint density at radius 2 is 1.84 bits per heavy atom. The second-order valence-electron chi connectivity index (χ2n) is 17.1. The fourth-order valence-corrected chi connectivity index (χ4v) is 15.5. The molecule has 8 nitrogen and oxygen atoms in total. The van der Waals surface area contributed by atoms with E-state index in [4.69, 9.17) is 15.2 Å². The predicted molar refractivity (Wildman–Crippen MR) is 218 cm³/mol. The van der Waals surface area contributed by atoms with Crippen LogP contribution in [0.4, 0.5) is 29.1 Å². The standard InChI is InChI=1S/C44H50F4N6O2Si/c1-24(2)57(25(3)4,26(5)6)15-10-31-35(46)9-8-27-16-30(50)18-32(36(27)31)37-28(20-49)17-33-40(39(37)48)51-43(56-23-44-11-7-12-53(44)21-29(45)19-44)52-42(33)54-13-14-55-22-34-38(47)41(34)54/h8-9,16-18,24-26,29,34,38,41H,7,11-14,19,21-23,50H2,1-6H3/t29-,34+,38+,41+,44+/m1/s1/i23D2. The minimum atomic E-state index is -2.51. The highest BCUT2D eigenvalue weighted by atomic mass is 28.3. The van der Waals surface area contributed by atoms with Crippen LogP contribution >= 0.6 is 0 Å². The number of aromatic nitrogens is 2. The summed E-state index contributed by atoms with van der Waals surface area (Å²) in [5, 5.41) is 11.6. The summed E-state index contributed by atoms with van der Waals surface area (Å²) in [6.45, 7) is 11.5. The number of hydrogen-bond donors (Lipinski definition) is 1. The van der Waals surface area contributed by atoms with Gasteiger partial charge in [0.15, 0.2) is 5.82 Å². The fourth-order valence-electron chi connectivity index (χ4n) is 10.3. The van der Waals surface area contributed by atoms with E-state index in [2.05, 4.69) is 69.0 Å². The van der Waals surface area contributed by atoms with Gasteiger partial charge in [0.25, 0.3) is 0 Å². The van der Waals surface area contributed by atoms with Gasteiger partial charge in [0, 0.05) is 47.5 Å². The van der Waals surface area contributed by atoms with Crippen molar-refractivity contribution in [2.75, 3.05) is 50.0 Å². The number of rotatable bonds is 8. The molecule has 0 amide bonds. The number of benzene rings is 3. The van der Waals surface area contributed by atoms with E-state index in [9.17, 15) is 12.4 Å². The number of nitrogens with two attached hydrogens (primary N) is 1. The van der Waals surface area contributed by atoms with Crippen molar-refractivity contribution < 1.29 is 29.8 Å². The molecule has 1 aliphatic carbocycles. The summed E-state index contributed by atoms with van der Waals surface area (Å²) in [5.41, 5.74) is 9.22. The van der Waals surface area contributed by atoms with Gasteiger partial charge in [-0.3, -0.25) is 4.90 Å². The number of anilines is 2. The van der Waals surface area contributed by atoms with Crippen LogP contribution in [0.5, 0.6) is 6.01 Å². The van der Waals surface area contributed by atoms with Crippen molar-refractivity contribution in [1.82, 2.24) is 14.9 Å². The maximum atomic E-state index is 17.8. The molecule has 3 aromatic carbocycles. The minimum absolute atomic E-state index is 0.0476. The largest absolute Gasteiger partial charge is 0.461 e. The maximum Gasteiger partial charge on any atom is 0.319 e. The summed E-state index contributed by atoms with van der Waals surface area (Å²) in [6, 6.07) is 8.36. The summed E-state index contributed by atoms with van der Waals surface area (Å²) in [6.07, 6.45) is -1.65. The number of halogens is 4. The SMILES string of the molecule is [2H]C([2H])(Oc1nc(N2CCOC[C@H]3[C@H](F)[C@H]32)c2cc(C#N)c(-c3cc(N)cc4ccc(F)c(C#C[Si](C(C)C)(C(C)C)C(C)C)c34)c(F)c2n1)[C@@]12CCCN1C[C@H](F)C2. The van der Waals surface area contributed by atoms with Crippen LogP contribution < -0.4 is 15.4 Å². The quantitative estimate of drug-likeness (QED) is 0.0817. The van der Waals surface area contributed by atoms with Crippen molar-refractivity contribution in [3.05, 3.63) is 53.1 Å². The topological polar surface area (TPSA) is 101 Å². The summed E-state index contributed by atoms with van der Waals surface area (Å²) in [4.78, 5) is 12.5. The third-order valence-electron chi connectivity index (χ3n) is 13.0. The van der Waals surface area contributed by atoms with Gasteiger partial charge < -0.3 is 20.1 Å². The Labute approximate surface area is 335 Å². The first-order valence-corrected chi connectivity index (χ1v) is 22.2. The molecule has 4 heterocycles. The summed E-state index contributed by atoms with van der Waals surface area (Å²) < 4.78 is 94.3. The Bertz CT molecular complexity index is 2430. The van der Waals surface area contributed by atoms with E-state index in [1.165, 1.54) is 18.2 Å². The highest BCUT2D eigenvalue weighted by Gasteiger charge is 2.56. The molecule has 0 bridgehead atoms. The zero-order chi connectivity index (χ0) is 42.3. The van der Waals surface area contributed by atoms with Crippen molar-refractivity contribution >= 4 is 41.3 Å². The van der Waals surface area contributed by atoms with Crippen LogP contribution in [0.15, 0.2) is 30.3 Å². The Morgan fingerprint density at radius 3 is 2.56 bits per heavy atom. The number of nitrogen functional groups attached to an aromatic ring is 1. The normalized spacial score (nSPS) is 25.6. The lowest BCUT2D eigenvalue weighted by atomic mass is 9.90. The van der Waals surface area contributed by atoms with Crippen molar-refractivity contribution in [2.45, 2.75) is 101 Å². The van der Waals surface area contributed by atoms with Gasteiger partial charge in [-0.15, -0.1) is 5.54 Å². The first kappa shape index (κ1) is 36.9. The zero-order valence-electron chi connectivity index (χ0n) is 35.2. The Kier molecular flexibility index (Phi) is 9.54. The smallest absolute Gasteiger partial charge is 0.319 e. The Morgan fingerprint density at radius 1 is 1.09 bits per heavy atom. The molecule has 4 fully saturated rings. The van der Waals surface area contributed by atoms with Crippen molar-refractivity contribution in [2.24, 2.45) is 5.92 Å². The van der Waals surface area contributed by atoms with Crippen LogP contribution in [0.3, 0.4) is 0 Å². The number of hydrogen-bond acceptors (Lipinski definition) is 8. The first-order valence-electron chi connectivity index (χ1n) is 21.0. The van der Waals surface area contributed by atoms with Gasteiger partial charge in [0.05, 0.1) is 44.7 Å². The molecule has 0 radical (unpaired) electrons. The number of alkyl halides is 2. The number of fused-ring (bicyclic) bond motifs is 4. The van der Waals surface area contributed by atoms with E-state index >= 15 is 13.2 Å². The zero-order valence-corrected chi connectivity index (χ0v) is 34.2. The van der Waals surface area contributed by atoms with Crippen LogP contribution in [-0.4, -0.2) is 86.3 Å². The highest BCUT2D eigenvalue weighted by Crippen LogP contribution is 2.47. The first-order chi connectivity index (χ1) is 28.0. The van der Waals surface area contributed by atoms with Crippen molar-refractivity contribution in [3.63, 3.8) is 0 Å². The van der Waals surface area contributed by atoms with Crippen LogP contribution in [-0.2, 0) is 4.74 Å². The third-order valence-corrected chi connectivity index (χ3v) is 19.3. The second kappa shape index (κ2) is 14.7. The van der Waals surface area contributed by atoms with E-state index in [0.717, 1.165) is 0 Å². The second-order valence-corrected chi connectivity index (χ2v) is 22.7. The molecule has 1 saturated carbocycles. The van der Waals surface area contributed by atoms with Gasteiger partial charge in [0.2, 0.25) is 0 Å². The summed E-state index contributed by atoms with van der Waals surface area (Å²) in [5.74, 6) is 1.22. The van der Waals surface area contributed by atoms with Crippen molar-refractivity contribution in [1.29, 1.82) is 5.26 Å². The van der Waals surface area contributed by atoms with Crippen LogP contribution in [0, 0.1) is 40.3 Å². The molecular formula is C44H50F4N6O2Si. The lowest BCUT2D eigenvalue weighted by molar-refractivity contribution is 0.107. The Balaban J connectivity index is 1.38. The number of nitriles is 1. The monoisotopic (exact) mass is 800 g/mol. The molecule has 13 heteroatoms. The molecule has 4 aromatic rings. The average Bonchev–Trinajstić information content (AvgIpc) is 3.53. The van der Waals surface area contributed by atoms with Crippen LogP contribution in [0.2, 0.25) is 16.6 Å². The van der Waals surface area contributed by atoms with Crippen LogP contribution in [0.25, 0.3) is 32.8 Å². The van der Waals surface area contributed by atoms with Crippen molar-refractivity contribution in [3.8, 4) is 34.7 Å². The molecule has 3 aliphatic heterocycles. The molecule has 4 aliphatic rings. The third kappa shape index (κ3) is 6.50. The van der Waals surface area contributed by atoms with E-state index in [1.54, 1.807) is 21.9 Å². The average molecular weight is 801 g/mol. The summed E-state index contributed by atoms with van der Waals surface area (Å²) >= 11 is 0. The van der Waals surface area contributed by atoms with Gasteiger partial charge in [-0.25, -0.2) is 17.6 Å². The molecule has 1 aromatic heterocycles. The highest BCUT2D eigenvalue weighted by molar-refractivity contribution is 6.90. The van der Waals surface area contributed by atoms with Gasteiger partial charge in [-0.05, 0) is 71.2 Å². The number of ether oxygens (including phenoxy) is 2. The molecule has 0 spiro atoms. The molecule has 0 unspecified atom stereocenters.